The van der Waals surface area contributed by atoms with Gasteiger partial charge in [-0.25, -0.2) is 0 Å². The molecule has 1 heterocycles. The van der Waals surface area contributed by atoms with Crippen LogP contribution in [0.25, 0.3) is 22.3 Å². The van der Waals surface area contributed by atoms with Crippen LogP contribution in [-0.2, 0) is 0 Å². The van der Waals surface area contributed by atoms with Gasteiger partial charge in [-0.3, -0.25) is 0 Å². The van der Waals surface area contributed by atoms with Crippen LogP contribution in [0.3, 0.4) is 0 Å². The summed E-state index contributed by atoms with van der Waals surface area (Å²) in [6.45, 7) is 4.32. The van der Waals surface area contributed by atoms with E-state index in [1.54, 1.807) is 0 Å². The number of benzene rings is 5. The average molecular weight is 477 g/mol. The maximum absolute atomic E-state index is 6.19. The lowest BCUT2D eigenvalue weighted by atomic mass is 10.0. The molecule has 0 aromatic heterocycles. The van der Waals surface area contributed by atoms with Gasteiger partial charge in [0.1, 0.15) is 0 Å². The molecule has 0 amide bonds. The molecule has 34 heavy (non-hydrogen) atoms. The van der Waals surface area contributed by atoms with E-state index in [-0.39, 0.29) is 0 Å². The fourth-order valence-electron chi connectivity index (χ4n) is 5.02. The number of hydrogen-bond donors (Lipinski definition) is 0. The van der Waals surface area contributed by atoms with Crippen molar-refractivity contribution in [1.29, 1.82) is 0 Å². The largest absolute Gasteiger partial charge is 0.132 e. The van der Waals surface area contributed by atoms with Gasteiger partial charge in [0.25, 0.3) is 0 Å². The van der Waals surface area contributed by atoms with E-state index in [0.29, 0.717) is 0 Å². The van der Waals surface area contributed by atoms with Crippen LogP contribution in [0.5, 0.6) is 0 Å². The second-order valence-corrected chi connectivity index (χ2v) is 12.4. The van der Waals surface area contributed by atoms with Gasteiger partial charge in [-0.2, -0.15) is 0 Å². The summed E-state index contributed by atoms with van der Waals surface area (Å²) in [4.78, 5) is 5.59. The predicted octanol–water partition coefficient (Wildman–Crippen LogP) is 9.95. The van der Waals surface area contributed by atoms with E-state index in [4.69, 9.17) is 11.6 Å². The summed E-state index contributed by atoms with van der Waals surface area (Å²) in [5.74, 6) is 0. The third-order valence-electron chi connectivity index (χ3n) is 6.75. The maximum Gasteiger partial charge on any atom is 0.0406 e. The Kier molecular flexibility index (Phi) is 5.13. The summed E-state index contributed by atoms with van der Waals surface area (Å²) in [7, 11) is -1.64. The normalized spacial score (nSPS) is 14.3. The van der Waals surface area contributed by atoms with Crippen molar-refractivity contribution in [3.63, 3.8) is 0 Å². The van der Waals surface area contributed by atoms with E-state index in [1.807, 2.05) is 12.1 Å². The second kappa shape index (κ2) is 8.20. The van der Waals surface area contributed by atoms with Crippen LogP contribution in [0.4, 0.5) is 0 Å². The number of aryl methyl sites for hydroxylation is 2. The Hall–Kier alpha value is -3.26. The molecule has 2 heteroatoms. The van der Waals surface area contributed by atoms with Gasteiger partial charge in [0.2, 0.25) is 0 Å². The highest BCUT2D eigenvalue weighted by atomic mass is 35.5. The van der Waals surface area contributed by atoms with Gasteiger partial charge in [-0.05, 0) is 84.6 Å². The van der Waals surface area contributed by atoms with Gasteiger partial charge in [-0.1, -0.05) is 89.5 Å². The molecule has 0 saturated carbocycles. The van der Waals surface area contributed by atoms with E-state index >= 15 is 0 Å². The Morgan fingerprint density at radius 1 is 0.500 bits per heavy atom. The topological polar surface area (TPSA) is 0 Å². The van der Waals surface area contributed by atoms with Crippen LogP contribution < -0.4 is 0 Å². The summed E-state index contributed by atoms with van der Waals surface area (Å²) in [5.41, 5.74) is 7.65. The molecule has 0 bridgehead atoms. The Morgan fingerprint density at radius 2 is 1.03 bits per heavy atom. The molecule has 0 N–H and O–H groups in total. The van der Waals surface area contributed by atoms with Gasteiger partial charge in [0.05, 0.1) is 0 Å². The molecule has 166 valence electrons. The highest BCUT2D eigenvalue weighted by Crippen LogP contribution is 2.80. The molecule has 0 fully saturated rings. The van der Waals surface area contributed by atoms with Crippen molar-refractivity contribution in [2.24, 2.45) is 0 Å². The first-order chi connectivity index (χ1) is 16.6. The Morgan fingerprint density at radius 3 is 1.65 bits per heavy atom. The van der Waals surface area contributed by atoms with Crippen molar-refractivity contribution in [3.05, 3.63) is 131 Å². The molecule has 0 saturated heterocycles. The molecule has 0 radical (unpaired) electrons. The number of halogens is 1. The van der Waals surface area contributed by atoms with Gasteiger partial charge in [0, 0.05) is 24.6 Å². The van der Waals surface area contributed by atoms with Gasteiger partial charge in [-0.15, -0.1) is 10.0 Å². The number of fused-ring (bicyclic) bond motifs is 3. The highest BCUT2D eigenvalue weighted by molar-refractivity contribution is 8.34. The minimum Gasteiger partial charge on any atom is -0.132 e. The molecule has 6 rings (SSSR count). The van der Waals surface area contributed by atoms with Gasteiger partial charge < -0.3 is 0 Å². The second-order valence-electron chi connectivity index (χ2n) is 8.95. The third-order valence-corrected chi connectivity index (χ3v) is 11.0. The molecule has 5 aromatic rings. The Labute approximate surface area is 208 Å². The summed E-state index contributed by atoms with van der Waals surface area (Å²) < 4.78 is 0. The SMILES string of the molecule is Cc1ccc(S2(c3ccc(C)cc3)c3ccccc3-c3ccc(-c4ccc(Cl)cc4)cc32)cc1. The van der Waals surface area contributed by atoms with Crippen molar-refractivity contribution >= 4 is 21.6 Å². The van der Waals surface area contributed by atoms with Crippen LogP contribution in [0.2, 0.25) is 5.02 Å². The summed E-state index contributed by atoms with van der Waals surface area (Å²) >= 11 is 6.19. The fourth-order valence-corrected chi connectivity index (χ4v) is 9.37. The van der Waals surface area contributed by atoms with Crippen molar-refractivity contribution < 1.29 is 0 Å². The molecular formula is C32H25ClS. The van der Waals surface area contributed by atoms with Crippen LogP contribution in [-0.4, -0.2) is 0 Å². The molecule has 1 aliphatic heterocycles. The monoisotopic (exact) mass is 476 g/mol. The fraction of sp³-hybridized carbons (Fsp3) is 0.0625. The minimum atomic E-state index is -1.64. The van der Waals surface area contributed by atoms with Crippen LogP contribution in [0, 0.1) is 13.8 Å². The van der Waals surface area contributed by atoms with Crippen LogP contribution in [0.15, 0.2) is 135 Å². The quantitative estimate of drug-likeness (QED) is 0.238. The van der Waals surface area contributed by atoms with Gasteiger partial charge in [0.15, 0.2) is 0 Å². The zero-order chi connectivity index (χ0) is 23.3. The molecule has 0 atom stereocenters. The number of rotatable bonds is 3. The van der Waals surface area contributed by atoms with E-state index in [1.165, 1.54) is 53.0 Å². The first-order valence-corrected chi connectivity index (χ1v) is 13.5. The standard InChI is InChI=1S/C32H25ClS/c1-22-7-16-27(17-8-22)34(28-18-9-23(2)10-19-28)31-6-4-3-5-29(31)30-20-13-25(21-32(30)34)24-11-14-26(33)15-12-24/h3-21H,1-2H3. The van der Waals surface area contributed by atoms with Crippen molar-refractivity contribution in [2.45, 2.75) is 33.4 Å². The average Bonchev–Trinajstić information content (AvgIpc) is 3.16. The van der Waals surface area contributed by atoms with E-state index < -0.39 is 10.0 Å². The molecule has 0 spiro atoms. The molecule has 0 nitrogen and oxygen atoms in total. The summed E-state index contributed by atoms with van der Waals surface area (Å²) in [6.07, 6.45) is 0. The lowest BCUT2D eigenvalue weighted by molar-refractivity contribution is 1.26. The smallest absolute Gasteiger partial charge is 0.0406 e. The zero-order valence-corrected chi connectivity index (χ0v) is 20.8. The minimum absolute atomic E-state index is 0.761. The predicted molar refractivity (Wildman–Crippen MR) is 145 cm³/mol. The van der Waals surface area contributed by atoms with Crippen LogP contribution >= 0.6 is 21.6 Å². The van der Waals surface area contributed by atoms with Gasteiger partial charge >= 0.3 is 0 Å². The van der Waals surface area contributed by atoms with E-state index in [9.17, 15) is 0 Å². The van der Waals surface area contributed by atoms with Crippen molar-refractivity contribution in [1.82, 2.24) is 0 Å². The van der Waals surface area contributed by atoms with E-state index in [2.05, 4.69) is 117 Å². The maximum atomic E-state index is 6.19. The molecule has 1 aliphatic rings. The lowest BCUT2D eigenvalue weighted by Crippen LogP contribution is -2.02. The van der Waals surface area contributed by atoms with Crippen molar-refractivity contribution in [3.8, 4) is 22.3 Å². The summed E-state index contributed by atoms with van der Waals surface area (Å²) in [5, 5.41) is 0.761. The Balaban J connectivity index is 1.71. The Bertz CT molecular complexity index is 1450. The molecular weight excluding hydrogens is 452 g/mol. The lowest BCUT2D eigenvalue weighted by Gasteiger charge is -2.39. The summed E-state index contributed by atoms with van der Waals surface area (Å²) in [6, 6.07) is 42.5. The van der Waals surface area contributed by atoms with E-state index in [0.717, 1.165) is 5.02 Å². The third kappa shape index (κ3) is 3.23. The highest BCUT2D eigenvalue weighted by Gasteiger charge is 2.41. The van der Waals surface area contributed by atoms with Crippen molar-refractivity contribution in [2.75, 3.05) is 0 Å². The van der Waals surface area contributed by atoms with Crippen LogP contribution in [0.1, 0.15) is 11.1 Å². The number of hydrogen-bond acceptors (Lipinski definition) is 0. The first kappa shape index (κ1) is 21.3. The molecule has 0 aliphatic carbocycles. The molecule has 5 aromatic carbocycles. The first-order valence-electron chi connectivity index (χ1n) is 11.5. The molecule has 0 unspecified atom stereocenters. The zero-order valence-electron chi connectivity index (χ0n) is 19.3.